The van der Waals surface area contributed by atoms with Gasteiger partial charge in [0, 0.05) is 22.5 Å². The first-order chi connectivity index (χ1) is 12.7. The lowest BCUT2D eigenvalue weighted by atomic mass is 10.0. The van der Waals surface area contributed by atoms with Crippen molar-refractivity contribution in [1.29, 1.82) is 0 Å². The highest BCUT2D eigenvalue weighted by Crippen LogP contribution is 2.44. The van der Waals surface area contributed by atoms with Gasteiger partial charge in [-0.15, -0.1) is 11.3 Å². The molecule has 0 aliphatic carbocycles. The molecule has 5 heteroatoms. The number of hydrogen-bond donors (Lipinski definition) is 1. The first kappa shape index (κ1) is 16.7. The maximum atomic E-state index is 12.6. The molecule has 1 aromatic heterocycles. The van der Waals surface area contributed by atoms with E-state index in [2.05, 4.69) is 18.3 Å². The van der Waals surface area contributed by atoms with E-state index < -0.39 is 0 Å². The number of carbonyl (C=O) groups is 1. The van der Waals surface area contributed by atoms with Gasteiger partial charge in [-0.3, -0.25) is 4.79 Å². The van der Waals surface area contributed by atoms with Crippen LogP contribution in [0.5, 0.6) is 11.5 Å². The van der Waals surface area contributed by atoms with Crippen LogP contribution in [0.15, 0.2) is 48.5 Å². The Morgan fingerprint density at radius 3 is 2.81 bits per heavy atom. The number of ether oxygens (including phenoxy) is 2. The summed E-state index contributed by atoms with van der Waals surface area (Å²) in [5.74, 6) is 1.64. The van der Waals surface area contributed by atoms with Crippen LogP contribution in [0.1, 0.15) is 26.4 Å². The van der Waals surface area contributed by atoms with Crippen LogP contribution in [0.25, 0.3) is 10.4 Å². The number of fused-ring (bicyclic) bond motifs is 3. The Bertz CT molecular complexity index is 960. The summed E-state index contributed by atoms with van der Waals surface area (Å²) in [5.41, 5.74) is 4.37. The third-order valence-electron chi connectivity index (χ3n) is 4.49. The van der Waals surface area contributed by atoms with Crippen LogP contribution in [0.3, 0.4) is 0 Å². The maximum absolute atomic E-state index is 12.6. The van der Waals surface area contributed by atoms with Crippen molar-refractivity contribution in [1.82, 2.24) is 5.32 Å². The van der Waals surface area contributed by atoms with Gasteiger partial charge in [-0.1, -0.05) is 24.3 Å². The van der Waals surface area contributed by atoms with E-state index in [0.717, 1.165) is 38.6 Å². The first-order valence-corrected chi connectivity index (χ1v) is 9.24. The number of hydrogen-bond acceptors (Lipinski definition) is 4. The predicted octanol–water partition coefficient (Wildman–Crippen LogP) is 4.55. The molecule has 1 N–H and O–H groups in total. The lowest BCUT2D eigenvalue weighted by Gasteiger charge is -2.19. The highest BCUT2D eigenvalue weighted by atomic mass is 32.1. The third kappa shape index (κ3) is 3.06. The number of methoxy groups -OCH3 is 1. The number of amides is 1. The van der Waals surface area contributed by atoms with Crippen LogP contribution in [0, 0.1) is 6.92 Å². The Balaban J connectivity index is 1.52. The van der Waals surface area contributed by atoms with Crippen molar-refractivity contribution >= 4 is 17.2 Å². The fourth-order valence-corrected chi connectivity index (χ4v) is 4.28. The van der Waals surface area contributed by atoms with Crippen molar-refractivity contribution in [2.24, 2.45) is 0 Å². The summed E-state index contributed by atoms with van der Waals surface area (Å²) in [6, 6.07) is 15.7. The van der Waals surface area contributed by atoms with Crippen molar-refractivity contribution in [3.05, 3.63) is 70.1 Å². The molecule has 26 heavy (non-hydrogen) atoms. The normalized spacial score (nSPS) is 11.9. The maximum Gasteiger partial charge on any atom is 0.261 e. The van der Waals surface area contributed by atoms with Crippen LogP contribution in [-0.4, -0.2) is 13.0 Å². The summed E-state index contributed by atoms with van der Waals surface area (Å²) in [5, 5.41) is 2.99. The smallest absolute Gasteiger partial charge is 0.261 e. The number of rotatable bonds is 4. The quantitative estimate of drug-likeness (QED) is 0.738. The molecule has 1 aliphatic heterocycles. The lowest BCUT2D eigenvalue weighted by molar-refractivity contribution is 0.0955. The van der Waals surface area contributed by atoms with E-state index in [9.17, 15) is 4.79 Å². The first-order valence-electron chi connectivity index (χ1n) is 8.42. The molecule has 0 fully saturated rings. The Morgan fingerprint density at radius 2 is 2.04 bits per heavy atom. The highest BCUT2D eigenvalue weighted by molar-refractivity contribution is 7.17. The number of aryl methyl sites for hydroxylation is 1. The van der Waals surface area contributed by atoms with Gasteiger partial charge in [0.05, 0.1) is 12.0 Å². The van der Waals surface area contributed by atoms with Crippen molar-refractivity contribution in [3.8, 4) is 21.9 Å². The summed E-state index contributed by atoms with van der Waals surface area (Å²) < 4.78 is 11.0. The summed E-state index contributed by atoms with van der Waals surface area (Å²) in [6.45, 7) is 3.06. The third-order valence-corrected chi connectivity index (χ3v) is 5.68. The van der Waals surface area contributed by atoms with Gasteiger partial charge in [0.25, 0.3) is 5.91 Å². The molecule has 0 radical (unpaired) electrons. The molecule has 4 rings (SSSR count). The molecular formula is C21H19NO3S. The van der Waals surface area contributed by atoms with Gasteiger partial charge in [-0.25, -0.2) is 0 Å². The highest BCUT2D eigenvalue weighted by Gasteiger charge is 2.23. The fraction of sp³-hybridized carbons (Fsp3) is 0.190. The van der Waals surface area contributed by atoms with Crippen LogP contribution in [-0.2, 0) is 13.2 Å². The molecule has 1 amide bonds. The Hall–Kier alpha value is -2.79. The van der Waals surface area contributed by atoms with Crippen LogP contribution in [0.2, 0.25) is 0 Å². The van der Waals surface area contributed by atoms with E-state index >= 15 is 0 Å². The second-order valence-electron chi connectivity index (χ2n) is 6.23. The number of thiophene rings is 1. The van der Waals surface area contributed by atoms with Crippen molar-refractivity contribution in [3.63, 3.8) is 0 Å². The van der Waals surface area contributed by atoms with E-state index in [1.165, 1.54) is 11.3 Å². The largest absolute Gasteiger partial charge is 0.497 e. The molecule has 3 aromatic rings. The van der Waals surface area contributed by atoms with E-state index in [1.807, 2.05) is 42.5 Å². The zero-order chi connectivity index (χ0) is 18.1. The van der Waals surface area contributed by atoms with E-state index in [-0.39, 0.29) is 5.91 Å². The topological polar surface area (TPSA) is 47.6 Å². The Labute approximate surface area is 156 Å². The van der Waals surface area contributed by atoms with Gasteiger partial charge in [0.2, 0.25) is 0 Å². The second-order valence-corrected chi connectivity index (χ2v) is 7.28. The van der Waals surface area contributed by atoms with E-state index in [4.69, 9.17) is 9.47 Å². The Kier molecular flexibility index (Phi) is 4.39. The number of nitrogens with one attached hydrogen (secondary N) is 1. The molecule has 0 unspecified atom stereocenters. The standard InChI is InChI=1S/C21H19NO3S/c1-13-4-3-5-17-19(13)20-15(12-25-17)10-18(26-20)21(23)22-11-14-6-8-16(24-2)9-7-14/h3-10H,11-12H2,1-2H3,(H,22,23). The van der Waals surface area contributed by atoms with Crippen molar-refractivity contribution in [2.45, 2.75) is 20.1 Å². The van der Waals surface area contributed by atoms with Gasteiger partial charge in [0.15, 0.2) is 0 Å². The van der Waals surface area contributed by atoms with Gasteiger partial charge in [-0.05, 0) is 42.3 Å². The molecule has 132 valence electrons. The predicted molar refractivity (Wildman–Crippen MR) is 103 cm³/mol. The van der Waals surface area contributed by atoms with Gasteiger partial charge in [-0.2, -0.15) is 0 Å². The monoisotopic (exact) mass is 365 g/mol. The molecule has 1 aliphatic rings. The van der Waals surface area contributed by atoms with Gasteiger partial charge >= 0.3 is 0 Å². The molecule has 2 aromatic carbocycles. The molecule has 0 spiro atoms. The average Bonchev–Trinajstić information content (AvgIpc) is 3.11. The number of carbonyl (C=O) groups excluding carboxylic acids is 1. The SMILES string of the molecule is COc1ccc(CNC(=O)c2cc3c(s2)-c2c(C)cccc2OC3)cc1. The molecule has 0 saturated heterocycles. The van der Waals surface area contributed by atoms with Crippen LogP contribution < -0.4 is 14.8 Å². The fourth-order valence-electron chi connectivity index (χ4n) is 3.08. The summed E-state index contributed by atoms with van der Waals surface area (Å²) in [6.07, 6.45) is 0. The zero-order valence-electron chi connectivity index (χ0n) is 14.7. The lowest BCUT2D eigenvalue weighted by Crippen LogP contribution is -2.21. The summed E-state index contributed by atoms with van der Waals surface area (Å²) in [4.78, 5) is 14.4. The van der Waals surface area contributed by atoms with E-state index in [1.54, 1.807) is 7.11 Å². The van der Waals surface area contributed by atoms with E-state index in [0.29, 0.717) is 18.0 Å². The molecule has 2 heterocycles. The number of benzene rings is 2. The summed E-state index contributed by atoms with van der Waals surface area (Å²) >= 11 is 1.53. The molecule has 0 saturated carbocycles. The van der Waals surface area contributed by atoms with Crippen molar-refractivity contribution < 1.29 is 14.3 Å². The summed E-state index contributed by atoms with van der Waals surface area (Å²) in [7, 11) is 1.64. The minimum Gasteiger partial charge on any atom is -0.497 e. The second kappa shape index (κ2) is 6.84. The molecule has 0 bridgehead atoms. The van der Waals surface area contributed by atoms with Crippen LogP contribution in [0.4, 0.5) is 0 Å². The molecule has 0 atom stereocenters. The minimum atomic E-state index is -0.0599. The Morgan fingerprint density at radius 1 is 1.23 bits per heavy atom. The minimum absolute atomic E-state index is 0.0599. The van der Waals surface area contributed by atoms with Gasteiger partial charge in [0.1, 0.15) is 18.1 Å². The zero-order valence-corrected chi connectivity index (χ0v) is 15.5. The molecular weight excluding hydrogens is 346 g/mol. The molecule has 4 nitrogen and oxygen atoms in total. The average molecular weight is 365 g/mol. The van der Waals surface area contributed by atoms with Crippen LogP contribution >= 0.6 is 11.3 Å². The van der Waals surface area contributed by atoms with Crippen molar-refractivity contribution in [2.75, 3.05) is 7.11 Å². The van der Waals surface area contributed by atoms with Gasteiger partial charge < -0.3 is 14.8 Å².